The Morgan fingerprint density at radius 2 is 2.12 bits per heavy atom. The van der Waals surface area contributed by atoms with Crippen LogP contribution in [-0.4, -0.2) is 28.8 Å². The number of aromatic nitrogens is 2. The fourth-order valence-corrected chi connectivity index (χ4v) is 3.83. The lowest BCUT2D eigenvalue weighted by atomic mass is 10.0. The molecule has 1 N–H and O–H groups in total. The van der Waals surface area contributed by atoms with Crippen LogP contribution in [0.3, 0.4) is 0 Å². The molecule has 0 radical (unpaired) electrons. The SMILES string of the molecule is Cc1nc(S(=O)(=O)NC(C)(C)CCBr)cn1C. The number of sulfonamides is 1. The van der Waals surface area contributed by atoms with E-state index in [0.29, 0.717) is 12.2 Å². The van der Waals surface area contributed by atoms with E-state index in [4.69, 9.17) is 0 Å². The molecule has 17 heavy (non-hydrogen) atoms. The minimum Gasteiger partial charge on any atom is -0.337 e. The first kappa shape index (κ1) is 14.7. The van der Waals surface area contributed by atoms with Crippen molar-refractivity contribution >= 4 is 26.0 Å². The van der Waals surface area contributed by atoms with Crippen LogP contribution in [0.25, 0.3) is 0 Å². The second-order valence-electron chi connectivity index (χ2n) is 4.67. The molecule has 0 amide bonds. The molecule has 0 bridgehead atoms. The predicted octanol–water partition coefficient (Wildman–Crippen LogP) is 1.57. The van der Waals surface area contributed by atoms with E-state index in [0.717, 1.165) is 5.33 Å². The van der Waals surface area contributed by atoms with Crippen LogP contribution in [0.5, 0.6) is 0 Å². The van der Waals surface area contributed by atoms with Gasteiger partial charge in [0.05, 0.1) is 0 Å². The molecule has 5 nitrogen and oxygen atoms in total. The van der Waals surface area contributed by atoms with E-state index in [1.54, 1.807) is 18.5 Å². The monoisotopic (exact) mass is 323 g/mol. The van der Waals surface area contributed by atoms with E-state index in [1.807, 2.05) is 13.8 Å². The minimum atomic E-state index is -3.54. The van der Waals surface area contributed by atoms with Crippen LogP contribution in [0.15, 0.2) is 11.2 Å². The standard InChI is InChI=1S/C10H18BrN3O2S/c1-8-12-9(7-14(8)4)17(15,16)13-10(2,3)5-6-11/h7,13H,5-6H2,1-4H3. The number of halogens is 1. The third-order valence-electron chi connectivity index (χ3n) is 2.49. The Morgan fingerprint density at radius 1 is 1.53 bits per heavy atom. The Hall–Kier alpha value is -0.400. The maximum atomic E-state index is 12.1. The van der Waals surface area contributed by atoms with Gasteiger partial charge in [0.25, 0.3) is 10.0 Å². The van der Waals surface area contributed by atoms with Gasteiger partial charge in [-0.25, -0.2) is 18.1 Å². The van der Waals surface area contributed by atoms with E-state index in [1.165, 1.54) is 6.20 Å². The average molecular weight is 324 g/mol. The Balaban J connectivity index is 2.97. The van der Waals surface area contributed by atoms with Crippen LogP contribution < -0.4 is 4.72 Å². The van der Waals surface area contributed by atoms with Crippen molar-refractivity contribution in [3.05, 3.63) is 12.0 Å². The van der Waals surface area contributed by atoms with Gasteiger partial charge in [0.15, 0.2) is 5.03 Å². The second-order valence-corrected chi connectivity index (χ2v) is 7.09. The van der Waals surface area contributed by atoms with Crippen molar-refractivity contribution in [2.24, 2.45) is 7.05 Å². The number of imidazole rings is 1. The maximum absolute atomic E-state index is 12.1. The van der Waals surface area contributed by atoms with Crippen molar-refractivity contribution in [3.8, 4) is 0 Å². The predicted molar refractivity (Wildman–Crippen MR) is 70.8 cm³/mol. The highest BCUT2D eigenvalue weighted by Crippen LogP contribution is 2.16. The molecule has 0 atom stereocenters. The molecule has 1 aromatic rings. The third kappa shape index (κ3) is 3.79. The van der Waals surface area contributed by atoms with Gasteiger partial charge in [-0.2, -0.15) is 0 Å². The summed E-state index contributed by atoms with van der Waals surface area (Å²) in [6.07, 6.45) is 2.22. The van der Waals surface area contributed by atoms with E-state index < -0.39 is 15.6 Å². The number of aryl methyl sites for hydroxylation is 2. The van der Waals surface area contributed by atoms with Gasteiger partial charge in [-0.1, -0.05) is 15.9 Å². The summed E-state index contributed by atoms with van der Waals surface area (Å²) in [6, 6.07) is 0. The molecule has 0 saturated heterocycles. The zero-order valence-electron chi connectivity index (χ0n) is 10.5. The molecule has 98 valence electrons. The normalized spacial score (nSPS) is 13.0. The lowest BCUT2D eigenvalue weighted by Crippen LogP contribution is -2.43. The second kappa shape index (κ2) is 5.07. The Kier molecular flexibility index (Phi) is 4.38. The summed E-state index contributed by atoms with van der Waals surface area (Å²) in [4.78, 5) is 4.03. The average Bonchev–Trinajstić information content (AvgIpc) is 2.45. The summed E-state index contributed by atoms with van der Waals surface area (Å²) in [5.74, 6) is 0.670. The fraction of sp³-hybridized carbons (Fsp3) is 0.700. The van der Waals surface area contributed by atoms with Crippen molar-refractivity contribution in [2.45, 2.75) is 37.8 Å². The van der Waals surface area contributed by atoms with Gasteiger partial charge in [0.2, 0.25) is 0 Å². The molecule has 0 fully saturated rings. The van der Waals surface area contributed by atoms with Gasteiger partial charge in [0.1, 0.15) is 5.82 Å². The quantitative estimate of drug-likeness (QED) is 0.836. The summed E-state index contributed by atoms with van der Waals surface area (Å²) in [7, 11) is -1.78. The highest BCUT2D eigenvalue weighted by Gasteiger charge is 2.27. The van der Waals surface area contributed by atoms with Crippen molar-refractivity contribution in [1.29, 1.82) is 0 Å². The number of hydrogen-bond acceptors (Lipinski definition) is 3. The first-order valence-corrected chi connectivity index (χ1v) is 7.88. The minimum absolute atomic E-state index is 0.0696. The maximum Gasteiger partial charge on any atom is 0.260 e. The molecule has 0 spiro atoms. The van der Waals surface area contributed by atoms with Crippen LogP contribution in [0, 0.1) is 6.92 Å². The smallest absolute Gasteiger partial charge is 0.260 e. The Labute approximate surface area is 111 Å². The van der Waals surface area contributed by atoms with Gasteiger partial charge >= 0.3 is 0 Å². The van der Waals surface area contributed by atoms with Crippen LogP contribution in [0.4, 0.5) is 0 Å². The summed E-state index contributed by atoms with van der Waals surface area (Å²) in [5.41, 5.74) is -0.492. The molecule has 0 aliphatic carbocycles. The molecule has 0 aliphatic heterocycles. The van der Waals surface area contributed by atoms with Crippen molar-refractivity contribution in [3.63, 3.8) is 0 Å². The number of rotatable bonds is 5. The highest BCUT2D eigenvalue weighted by atomic mass is 79.9. The van der Waals surface area contributed by atoms with E-state index in [9.17, 15) is 8.42 Å². The first-order valence-electron chi connectivity index (χ1n) is 5.28. The van der Waals surface area contributed by atoms with Crippen LogP contribution in [-0.2, 0) is 17.1 Å². The van der Waals surface area contributed by atoms with Crippen LogP contribution in [0.1, 0.15) is 26.1 Å². The number of nitrogens with zero attached hydrogens (tertiary/aromatic N) is 2. The molecule has 0 aliphatic rings. The van der Waals surface area contributed by atoms with Crippen LogP contribution in [0.2, 0.25) is 0 Å². The lowest BCUT2D eigenvalue weighted by Gasteiger charge is -2.24. The molecule has 0 aromatic carbocycles. The zero-order valence-corrected chi connectivity index (χ0v) is 12.9. The zero-order chi connectivity index (χ0) is 13.3. The molecule has 0 unspecified atom stereocenters. The third-order valence-corrected chi connectivity index (χ3v) is 4.46. The largest absolute Gasteiger partial charge is 0.337 e. The van der Waals surface area contributed by atoms with Gasteiger partial charge in [-0.3, -0.25) is 0 Å². The molecule has 1 rings (SSSR count). The highest BCUT2D eigenvalue weighted by molar-refractivity contribution is 9.09. The lowest BCUT2D eigenvalue weighted by molar-refractivity contribution is 0.442. The Bertz CT molecular complexity index is 474. The van der Waals surface area contributed by atoms with Gasteiger partial charge in [0, 0.05) is 24.1 Å². The van der Waals surface area contributed by atoms with Crippen molar-refractivity contribution in [2.75, 3.05) is 5.33 Å². The van der Waals surface area contributed by atoms with E-state index in [-0.39, 0.29) is 5.03 Å². The fourth-order valence-electron chi connectivity index (χ4n) is 1.36. The molecule has 1 aromatic heterocycles. The van der Waals surface area contributed by atoms with Gasteiger partial charge < -0.3 is 4.57 Å². The number of alkyl halides is 1. The van der Waals surface area contributed by atoms with Gasteiger partial charge in [-0.15, -0.1) is 0 Å². The summed E-state index contributed by atoms with van der Waals surface area (Å²) < 4.78 is 28.5. The van der Waals surface area contributed by atoms with Gasteiger partial charge in [-0.05, 0) is 27.2 Å². The van der Waals surface area contributed by atoms with E-state index >= 15 is 0 Å². The first-order chi connectivity index (χ1) is 7.68. The Morgan fingerprint density at radius 3 is 2.53 bits per heavy atom. The molecule has 0 saturated carbocycles. The molecule has 1 heterocycles. The summed E-state index contributed by atoms with van der Waals surface area (Å²) in [5, 5.41) is 0.809. The van der Waals surface area contributed by atoms with E-state index in [2.05, 4.69) is 25.6 Å². The molecule has 7 heteroatoms. The topological polar surface area (TPSA) is 64.0 Å². The number of hydrogen-bond donors (Lipinski definition) is 1. The van der Waals surface area contributed by atoms with Crippen molar-refractivity contribution in [1.82, 2.24) is 14.3 Å². The summed E-state index contributed by atoms with van der Waals surface area (Å²) in [6.45, 7) is 5.46. The summed E-state index contributed by atoms with van der Waals surface area (Å²) >= 11 is 3.31. The van der Waals surface area contributed by atoms with Crippen LogP contribution >= 0.6 is 15.9 Å². The number of nitrogens with one attached hydrogen (secondary N) is 1. The molecular weight excluding hydrogens is 306 g/mol. The van der Waals surface area contributed by atoms with Crippen molar-refractivity contribution < 1.29 is 8.42 Å². The molecular formula is C10H18BrN3O2S.